The Bertz CT molecular complexity index is 504. The first kappa shape index (κ1) is 17.8. The Balaban J connectivity index is 2.13. The molecular weight excluding hydrogens is 280 g/mol. The summed E-state index contributed by atoms with van der Waals surface area (Å²) in [4.78, 5) is 3.24. The zero-order valence-electron chi connectivity index (χ0n) is 14.9. The molecule has 126 valence electrons. The first-order valence-corrected chi connectivity index (χ1v) is 9.42. The molecule has 0 aliphatic rings. The van der Waals surface area contributed by atoms with E-state index >= 15 is 0 Å². The van der Waals surface area contributed by atoms with E-state index in [4.69, 9.17) is 0 Å². The van der Waals surface area contributed by atoms with Crippen LogP contribution in [0.1, 0.15) is 70.4 Å². The summed E-state index contributed by atoms with van der Waals surface area (Å²) in [6, 6.07) is 11.6. The number of aromatic nitrogens is 2. The highest BCUT2D eigenvalue weighted by Gasteiger charge is 2.26. The summed E-state index contributed by atoms with van der Waals surface area (Å²) >= 11 is 0. The number of rotatable bonds is 11. The van der Waals surface area contributed by atoms with Gasteiger partial charge in [0.25, 0.3) is 0 Å². The van der Waals surface area contributed by atoms with Crippen LogP contribution in [0.4, 0.5) is 0 Å². The Morgan fingerprint density at radius 1 is 0.957 bits per heavy atom. The minimum absolute atomic E-state index is 0.611. The van der Waals surface area contributed by atoms with Crippen LogP contribution in [0, 0.1) is 5.92 Å². The molecule has 0 amide bonds. The molecule has 0 aliphatic heterocycles. The van der Waals surface area contributed by atoms with Crippen molar-refractivity contribution in [1.82, 2.24) is 4.98 Å². The van der Waals surface area contributed by atoms with Crippen molar-refractivity contribution >= 4 is 0 Å². The third-order valence-electron chi connectivity index (χ3n) is 4.87. The van der Waals surface area contributed by atoms with Crippen LogP contribution in [0.5, 0.6) is 0 Å². The molecule has 1 heterocycles. The third kappa shape index (κ3) is 5.85. The average Bonchev–Trinajstić information content (AvgIpc) is 3.11. The van der Waals surface area contributed by atoms with Gasteiger partial charge in [0.1, 0.15) is 18.4 Å². The zero-order chi connectivity index (χ0) is 16.3. The Hall–Kier alpha value is -1.57. The van der Waals surface area contributed by atoms with E-state index in [2.05, 4.69) is 66.3 Å². The Morgan fingerprint density at radius 3 is 2.39 bits per heavy atom. The number of hydrogen-bond acceptors (Lipinski definition) is 0. The van der Waals surface area contributed by atoms with Crippen LogP contribution < -0.4 is 4.57 Å². The fraction of sp³-hybridized carbons (Fsp3) is 0.571. The van der Waals surface area contributed by atoms with E-state index in [0.29, 0.717) is 6.04 Å². The summed E-state index contributed by atoms with van der Waals surface area (Å²) in [6.07, 6.45) is 16.8. The SMILES string of the molecule is CCCCCC(C(CCCC)Cc1ccccc1)[n+]1cc[nH]c1. The summed E-state index contributed by atoms with van der Waals surface area (Å²) < 4.78 is 2.42. The lowest BCUT2D eigenvalue weighted by Crippen LogP contribution is -2.42. The van der Waals surface area contributed by atoms with Crippen LogP contribution in [0.3, 0.4) is 0 Å². The number of benzene rings is 1. The molecule has 1 aromatic heterocycles. The number of unbranched alkanes of at least 4 members (excludes halogenated alkanes) is 3. The van der Waals surface area contributed by atoms with Gasteiger partial charge in [-0.2, -0.15) is 0 Å². The van der Waals surface area contributed by atoms with Gasteiger partial charge in [-0.05, 0) is 31.2 Å². The maximum atomic E-state index is 3.24. The average molecular weight is 314 g/mol. The maximum Gasteiger partial charge on any atom is 0.241 e. The van der Waals surface area contributed by atoms with Crippen LogP contribution in [0.25, 0.3) is 0 Å². The maximum absolute atomic E-state index is 3.24. The van der Waals surface area contributed by atoms with Gasteiger partial charge in [0.05, 0.1) is 0 Å². The summed E-state index contributed by atoms with van der Waals surface area (Å²) in [5.41, 5.74) is 1.48. The monoisotopic (exact) mass is 313 g/mol. The molecule has 0 spiro atoms. The van der Waals surface area contributed by atoms with Gasteiger partial charge in [0.2, 0.25) is 6.33 Å². The van der Waals surface area contributed by atoms with Gasteiger partial charge < -0.3 is 0 Å². The Kier molecular flexibility index (Phi) is 7.92. The molecule has 0 radical (unpaired) electrons. The molecule has 2 unspecified atom stereocenters. The molecule has 2 nitrogen and oxygen atoms in total. The summed E-state index contributed by atoms with van der Waals surface area (Å²) in [7, 11) is 0. The Morgan fingerprint density at radius 2 is 1.74 bits per heavy atom. The van der Waals surface area contributed by atoms with Crippen LogP contribution >= 0.6 is 0 Å². The summed E-state index contributed by atoms with van der Waals surface area (Å²) in [5.74, 6) is 0.718. The van der Waals surface area contributed by atoms with E-state index in [1.54, 1.807) is 0 Å². The first-order valence-electron chi connectivity index (χ1n) is 9.42. The van der Waals surface area contributed by atoms with E-state index in [0.717, 1.165) is 5.92 Å². The number of nitrogens with zero attached hydrogens (tertiary/aromatic N) is 1. The largest absolute Gasteiger partial charge is 0.250 e. The molecule has 0 fully saturated rings. The van der Waals surface area contributed by atoms with Crippen molar-refractivity contribution in [3.63, 3.8) is 0 Å². The van der Waals surface area contributed by atoms with Crippen LogP contribution in [0.2, 0.25) is 0 Å². The molecule has 1 aromatic carbocycles. The van der Waals surface area contributed by atoms with Crippen molar-refractivity contribution in [2.24, 2.45) is 5.92 Å². The lowest BCUT2D eigenvalue weighted by atomic mass is 9.85. The predicted molar refractivity (Wildman–Crippen MR) is 97.3 cm³/mol. The molecule has 1 N–H and O–H groups in total. The summed E-state index contributed by atoms with van der Waals surface area (Å²) in [5, 5.41) is 0. The highest BCUT2D eigenvalue weighted by Crippen LogP contribution is 2.28. The van der Waals surface area contributed by atoms with Crippen LogP contribution in [-0.2, 0) is 6.42 Å². The van der Waals surface area contributed by atoms with Gasteiger partial charge in [-0.15, -0.1) is 0 Å². The molecule has 2 aromatic rings. The molecule has 0 saturated heterocycles. The molecule has 23 heavy (non-hydrogen) atoms. The summed E-state index contributed by atoms with van der Waals surface area (Å²) in [6.45, 7) is 4.59. The number of hydrogen-bond donors (Lipinski definition) is 1. The van der Waals surface area contributed by atoms with Gasteiger partial charge in [-0.25, -0.2) is 4.57 Å². The normalized spacial score (nSPS) is 13.8. The molecule has 0 aliphatic carbocycles. The van der Waals surface area contributed by atoms with Crippen molar-refractivity contribution in [3.8, 4) is 0 Å². The van der Waals surface area contributed by atoms with Gasteiger partial charge in [0.15, 0.2) is 0 Å². The minimum atomic E-state index is 0.611. The lowest BCUT2D eigenvalue weighted by molar-refractivity contribution is -0.730. The topological polar surface area (TPSA) is 19.7 Å². The van der Waals surface area contributed by atoms with Crippen LogP contribution in [0.15, 0.2) is 49.1 Å². The van der Waals surface area contributed by atoms with E-state index < -0.39 is 0 Å². The van der Waals surface area contributed by atoms with Crippen LogP contribution in [-0.4, -0.2) is 4.98 Å². The van der Waals surface area contributed by atoms with Crippen molar-refractivity contribution in [1.29, 1.82) is 0 Å². The molecule has 2 rings (SSSR count). The van der Waals surface area contributed by atoms with E-state index in [-0.39, 0.29) is 0 Å². The van der Waals surface area contributed by atoms with Gasteiger partial charge in [-0.1, -0.05) is 69.9 Å². The second kappa shape index (κ2) is 10.3. The molecule has 2 heteroatoms. The molecular formula is C21H33N2+. The minimum Gasteiger partial charge on any atom is -0.250 e. The van der Waals surface area contributed by atoms with Crippen molar-refractivity contribution < 1.29 is 4.57 Å². The fourth-order valence-electron chi connectivity index (χ4n) is 3.55. The fourth-order valence-corrected chi connectivity index (χ4v) is 3.55. The predicted octanol–water partition coefficient (Wildman–Crippen LogP) is 5.47. The standard InChI is InChI=1S/C21H32N2/c1-3-5-8-14-21(23-16-15-22-18-23)20(13-6-4-2)17-19-11-9-7-10-12-19/h7,9-12,15-16,18,20-21H,3-6,8,13-14,17H2,1-2H3/p+1. The third-order valence-corrected chi connectivity index (χ3v) is 4.87. The highest BCUT2D eigenvalue weighted by molar-refractivity contribution is 5.15. The quantitative estimate of drug-likeness (QED) is 0.419. The highest BCUT2D eigenvalue weighted by atomic mass is 15.1. The lowest BCUT2D eigenvalue weighted by Gasteiger charge is -2.25. The second-order valence-electron chi connectivity index (χ2n) is 6.71. The van der Waals surface area contributed by atoms with Crippen molar-refractivity contribution in [2.45, 2.75) is 71.3 Å². The number of nitrogens with one attached hydrogen (secondary N) is 1. The first-order chi connectivity index (χ1) is 11.3. The van der Waals surface area contributed by atoms with Crippen molar-refractivity contribution in [3.05, 3.63) is 54.6 Å². The smallest absolute Gasteiger partial charge is 0.241 e. The van der Waals surface area contributed by atoms with E-state index in [1.165, 1.54) is 56.9 Å². The van der Waals surface area contributed by atoms with Gasteiger partial charge in [0, 0.05) is 5.92 Å². The zero-order valence-corrected chi connectivity index (χ0v) is 14.9. The number of aromatic amines is 1. The number of imidazole rings is 1. The van der Waals surface area contributed by atoms with E-state index in [1.807, 2.05) is 6.20 Å². The second-order valence-corrected chi connectivity index (χ2v) is 6.71. The van der Waals surface area contributed by atoms with E-state index in [9.17, 15) is 0 Å². The van der Waals surface area contributed by atoms with Gasteiger partial charge in [-0.3, -0.25) is 4.98 Å². The molecule has 2 atom stereocenters. The molecule has 0 bridgehead atoms. The van der Waals surface area contributed by atoms with Crippen molar-refractivity contribution in [2.75, 3.05) is 0 Å². The Labute approximate surface area is 142 Å². The van der Waals surface area contributed by atoms with Gasteiger partial charge >= 0.3 is 0 Å². The number of H-pyrrole nitrogens is 1. The molecule has 0 saturated carbocycles.